The number of ketones is 1. The van der Waals surface area contributed by atoms with Gasteiger partial charge >= 0.3 is 0 Å². The highest BCUT2D eigenvalue weighted by Crippen LogP contribution is 2.27. The molecule has 164 valence electrons. The van der Waals surface area contributed by atoms with Gasteiger partial charge in [0.25, 0.3) is 0 Å². The second kappa shape index (κ2) is 8.91. The summed E-state index contributed by atoms with van der Waals surface area (Å²) in [7, 11) is 0. The van der Waals surface area contributed by atoms with Gasteiger partial charge in [-0.1, -0.05) is 87.8 Å². The number of aryl methyl sites for hydroxylation is 2. The number of fused-ring (bicyclic) bond motifs is 1. The smallest absolute Gasteiger partial charge is 0.181 e. The number of imidazole rings is 1. The molecule has 0 N–H and O–H groups in total. The monoisotopic (exact) mass is 444 g/mol. The van der Waals surface area contributed by atoms with Crippen LogP contribution in [-0.2, 0) is 18.3 Å². The number of nitrogens with zero attached hydrogens (tertiary/aromatic N) is 2. The van der Waals surface area contributed by atoms with Gasteiger partial charge in [0.15, 0.2) is 5.78 Å². The van der Waals surface area contributed by atoms with Crippen LogP contribution in [0.15, 0.2) is 66.9 Å². The molecule has 4 rings (SSSR count). The third-order valence-corrected chi connectivity index (χ3v) is 6.17. The number of carbonyl (C=O) groups is 1. The Balaban J connectivity index is 1.47. The fraction of sp³-hybridized carbons (Fsp3) is 0.286. The first-order valence-corrected chi connectivity index (χ1v) is 11.5. The zero-order valence-corrected chi connectivity index (χ0v) is 19.9. The molecule has 2 aromatic heterocycles. The second-order valence-electron chi connectivity index (χ2n) is 9.28. The van der Waals surface area contributed by atoms with Crippen molar-refractivity contribution in [2.75, 3.05) is 0 Å². The zero-order chi connectivity index (χ0) is 22.9. The Hall–Kier alpha value is -2.91. The van der Waals surface area contributed by atoms with Crippen molar-refractivity contribution in [3.8, 4) is 11.1 Å². The van der Waals surface area contributed by atoms with Crippen LogP contribution >= 0.6 is 11.6 Å². The van der Waals surface area contributed by atoms with E-state index in [1.165, 1.54) is 16.7 Å². The van der Waals surface area contributed by atoms with E-state index in [0.29, 0.717) is 30.0 Å². The SMILES string of the molecule is CCc1nc2cc(Cl)ccn2c1C(=O)CCc1ccc(-c2ccc(C(C)(C)C)cc2)cc1. The Morgan fingerprint density at radius 2 is 1.59 bits per heavy atom. The van der Waals surface area contributed by atoms with Gasteiger partial charge in [-0.15, -0.1) is 0 Å². The summed E-state index contributed by atoms with van der Waals surface area (Å²) in [6.45, 7) is 8.70. The number of rotatable bonds is 6. The first kappa shape index (κ1) is 22.3. The first-order valence-electron chi connectivity index (χ1n) is 11.2. The van der Waals surface area contributed by atoms with Crippen LogP contribution in [0, 0.1) is 0 Å². The Morgan fingerprint density at radius 1 is 0.969 bits per heavy atom. The molecule has 0 saturated carbocycles. The van der Waals surface area contributed by atoms with Gasteiger partial charge in [-0.3, -0.25) is 9.20 Å². The van der Waals surface area contributed by atoms with Crippen LogP contribution in [0.3, 0.4) is 0 Å². The third-order valence-electron chi connectivity index (χ3n) is 5.94. The van der Waals surface area contributed by atoms with Gasteiger partial charge in [0.2, 0.25) is 0 Å². The number of carbonyl (C=O) groups excluding carboxylic acids is 1. The lowest BCUT2D eigenvalue weighted by atomic mass is 9.86. The van der Waals surface area contributed by atoms with Gasteiger partial charge in [0, 0.05) is 23.7 Å². The number of aromatic nitrogens is 2. The van der Waals surface area contributed by atoms with E-state index in [1.807, 2.05) is 17.5 Å². The van der Waals surface area contributed by atoms with Gasteiger partial charge in [-0.2, -0.15) is 0 Å². The summed E-state index contributed by atoms with van der Waals surface area (Å²) in [5.74, 6) is 0.110. The van der Waals surface area contributed by atoms with Crippen LogP contribution < -0.4 is 0 Å². The molecule has 4 heteroatoms. The largest absolute Gasteiger partial charge is 0.297 e. The van der Waals surface area contributed by atoms with E-state index >= 15 is 0 Å². The average Bonchev–Trinajstić information content (AvgIpc) is 3.15. The standard InChI is InChI=1S/C28H29ClN2O/c1-5-24-27(31-17-16-23(29)18-26(31)30-24)25(32)15-8-19-6-9-20(10-7-19)21-11-13-22(14-12-21)28(2,3)4/h6-7,9-14,16-18H,5,8,15H2,1-4H3. The molecule has 0 saturated heterocycles. The molecule has 4 aromatic rings. The van der Waals surface area contributed by atoms with Crippen LogP contribution in [0.2, 0.25) is 5.02 Å². The molecule has 0 bridgehead atoms. The Bertz CT molecular complexity index is 1250. The number of benzene rings is 2. The van der Waals surface area contributed by atoms with Crippen LogP contribution in [0.1, 0.15) is 61.4 Å². The topological polar surface area (TPSA) is 34.4 Å². The zero-order valence-electron chi connectivity index (χ0n) is 19.2. The lowest BCUT2D eigenvalue weighted by Gasteiger charge is -2.19. The van der Waals surface area contributed by atoms with E-state index in [-0.39, 0.29) is 11.2 Å². The summed E-state index contributed by atoms with van der Waals surface area (Å²) in [5, 5.41) is 0.622. The lowest BCUT2D eigenvalue weighted by molar-refractivity contribution is 0.0976. The third kappa shape index (κ3) is 4.63. The molecule has 0 fully saturated rings. The average molecular weight is 445 g/mol. The minimum Gasteiger partial charge on any atom is -0.297 e. The highest BCUT2D eigenvalue weighted by molar-refractivity contribution is 6.30. The van der Waals surface area contributed by atoms with Gasteiger partial charge in [0.1, 0.15) is 11.3 Å². The summed E-state index contributed by atoms with van der Waals surface area (Å²) >= 11 is 6.09. The number of pyridine rings is 1. The van der Waals surface area contributed by atoms with Crippen molar-refractivity contribution in [1.29, 1.82) is 0 Å². The fourth-order valence-electron chi connectivity index (χ4n) is 4.01. The van der Waals surface area contributed by atoms with E-state index in [0.717, 1.165) is 16.9 Å². The molecule has 0 spiro atoms. The molecule has 0 unspecified atom stereocenters. The molecule has 32 heavy (non-hydrogen) atoms. The molecule has 3 nitrogen and oxygen atoms in total. The lowest BCUT2D eigenvalue weighted by Crippen LogP contribution is -2.10. The maximum atomic E-state index is 13.1. The predicted octanol–water partition coefficient (Wildman–Crippen LogP) is 7.33. The molecule has 0 radical (unpaired) electrons. The predicted molar refractivity (Wildman–Crippen MR) is 133 cm³/mol. The van der Waals surface area contributed by atoms with Crippen molar-refractivity contribution < 1.29 is 4.79 Å². The molecule has 0 amide bonds. The first-order chi connectivity index (χ1) is 15.3. The van der Waals surface area contributed by atoms with Crippen molar-refractivity contribution in [3.05, 3.63) is 94.4 Å². The number of halogens is 1. The van der Waals surface area contributed by atoms with Crippen molar-refractivity contribution in [2.45, 2.75) is 52.4 Å². The van der Waals surface area contributed by atoms with Crippen LogP contribution in [0.25, 0.3) is 16.8 Å². The summed E-state index contributed by atoms with van der Waals surface area (Å²) in [6, 6.07) is 20.9. The fourth-order valence-corrected chi connectivity index (χ4v) is 4.17. The van der Waals surface area contributed by atoms with Crippen molar-refractivity contribution >= 4 is 23.0 Å². The highest BCUT2D eigenvalue weighted by atomic mass is 35.5. The van der Waals surface area contributed by atoms with Gasteiger partial charge in [-0.25, -0.2) is 4.98 Å². The van der Waals surface area contributed by atoms with Crippen molar-refractivity contribution in [3.63, 3.8) is 0 Å². The Morgan fingerprint density at radius 3 is 2.19 bits per heavy atom. The number of hydrogen-bond acceptors (Lipinski definition) is 2. The minimum atomic E-state index is 0.110. The maximum Gasteiger partial charge on any atom is 0.181 e. The van der Waals surface area contributed by atoms with E-state index < -0.39 is 0 Å². The van der Waals surface area contributed by atoms with E-state index in [9.17, 15) is 4.79 Å². The summed E-state index contributed by atoms with van der Waals surface area (Å²) in [6.07, 6.45) is 3.69. The van der Waals surface area contributed by atoms with Crippen LogP contribution in [-0.4, -0.2) is 15.2 Å². The molecule has 0 atom stereocenters. The van der Waals surface area contributed by atoms with E-state index in [4.69, 9.17) is 11.6 Å². The molecule has 0 aliphatic heterocycles. The second-order valence-corrected chi connectivity index (χ2v) is 9.72. The van der Waals surface area contributed by atoms with Crippen LogP contribution in [0.4, 0.5) is 0 Å². The quantitative estimate of drug-likeness (QED) is 0.292. The summed E-state index contributed by atoms with van der Waals surface area (Å²) in [5.41, 5.74) is 7.26. The Labute approximate surface area is 195 Å². The molecule has 0 aliphatic carbocycles. The molecule has 0 aliphatic rings. The number of hydrogen-bond donors (Lipinski definition) is 0. The van der Waals surface area contributed by atoms with E-state index in [2.05, 4.69) is 74.3 Å². The maximum absolute atomic E-state index is 13.1. The molecule has 2 aromatic carbocycles. The molecular weight excluding hydrogens is 416 g/mol. The van der Waals surface area contributed by atoms with Gasteiger partial charge in [0.05, 0.1) is 5.69 Å². The Kier molecular flexibility index (Phi) is 6.21. The minimum absolute atomic E-state index is 0.110. The van der Waals surface area contributed by atoms with Gasteiger partial charge in [-0.05, 0) is 46.6 Å². The van der Waals surface area contributed by atoms with Crippen molar-refractivity contribution in [1.82, 2.24) is 9.38 Å². The van der Waals surface area contributed by atoms with Gasteiger partial charge < -0.3 is 0 Å². The van der Waals surface area contributed by atoms with Crippen LogP contribution in [0.5, 0.6) is 0 Å². The normalized spacial score (nSPS) is 11.8. The highest BCUT2D eigenvalue weighted by Gasteiger charge is 2.18. The summed E-state index contributed by atoms with van der Waals surface area (Å²) in [4.78, 5) is 17.7. The van der Waals surface area contributed by atoms with Crippen molar-refractivity contribution in [2.24, 2.45) is 0 Å². The summed E-state index contributed by atoms with van der Waals surface area (Å²) < 4.78 is 1.86. The molecular formula is C28H29ClN2O. The van der Waals surface area contributed by atoms with E-state index in [1.54, 1.807) is 12.1 Å². The number of Topliss-reactive ketones (excluding diaryl/α,β-unsaturated/α-hetero) is 1. The molecule has 2 heterocycles.